The molecule has 19 heavy (non-hydrogen) atoms. The first kappa shape index (κ1) is 14.1. The molecule has 2 rings (SSSR count). The van der Waals surface area contributed by atoms with Crippen LogP contribution in [0.25, 0.3) is 0 Å². The van der Waals surface area contributed by atoms with Crippen molar-refractivity contribution in [3.63, 3.8) is 0 Å². The highest BCUT2D eigenvalue weighted by Gasteiger charge is 2.53. The number of hydrazine groups is 1. The maximum atomic E-state index is 12.3. The van der Waals surface area contributed by atoms with E-state index in [0.29, 0.717) is 0 Å². The molecule has 0 heterocycles. The summed E-state index contributed by atoms with van der Waals surface area (Å²) < 4.78 is 0. The lowest BCUT2D eigenvalue weighted by atomic mass is 9.82. The summed E-state index contributed by atoms with van der Waals surface area (Å²) >= 11 is 0. The molecule has 0 unspecified atom stereocenters. The van der Waals surface area contributed by atoms with Gasteiger partial charge in [-0.15, -0.1) is 0 Å². The van der Waals surface area contributed by atoms with Crippen molar-refractivity contribution in [3.8, 4) is 0 Å². The Hall–Kier alpha value is -1.35. The summed E-state index contributed by atoms with van der Waals surface area (Å²) in [5.74, 6) is 5.66. The van der Waals surface area contributed by atoms with Gasteiger partial charge in [-0.3, -0.25) is 9.80 Å². The van der Waals surface area contributed by atoms with Crippen LogP contribution < -0.4 is 5.84 Å². The van der Waals surface area contributed by atoms with Crippen molar-refractivity contribution < 1.29 is 4.79 Å². The lowest BCUT2D eigenvalue weighted by Crippen LogP contribution is -2.41. The van der Waals surface area contributed by atoms with Gasteiger partial charge in [-0.2, -0.15) is 0 Å². The van der Waals surface area contributed by atoms with Gasteiger partial charge >= 0.3 is 0 Å². The molecule has 0 bridgehead atoms. The summed E-state index contributed by atoms with van der Waals surface area (Å²) in [5, 5.41) is 1.23. The second kappa shape index (κ2) is 4.34. The fraction of sp³-hybridized carbons (Fsp3) is 0.562. The van der Waals surface area contributed by atoms with E-state index in [4.69, 9.17) is 5.84 Å². The zero-order chi connectivity index (χ0) is 14.4. The number of nitrogens with zero attached hydrogens (tertiary/aromatic N) is 1. The van der Waals surface area contributed by atoms with E-state index < -0.39 is 0 Å². The Bertz CT molecular complexity index is 508. The maximum Gasteiger partial charge on any atom is 0.246 e. The Morgan fingerprint density at radius 2 is 1.89 bits per heavy atom. The van der Waals surface area contributed by atoms with E-state index in [1.54, 1.807) is 7.05 Å². The Morgan fingerprint density at radius 1 is 1.32 bits per heavy atom. The van der Waals surface area contributed by atoms with Gasteiger partial charge in [-0.25, -0.2) is 5.84 Å². The van der Waals surface area contributed by atoms with Gasteiger partial charge in [0.2, 0.25) is 5.91 Å². The number of likely N-dealkylation sites (N-methyl/N-ethyl adjacent to an activating group) is 1. The number of hydrogen-bond donors (Lipinski definition) is 1. The SMILES string of the molecule is Cc1cc(C(C)(C)C)ccc1C1(C(=O)N(C)N)CC1. The fourth-order valence-corrected chi connectivity index (χ4v) is 2.73. The Labute approximate surface area is 115 Å². The third-order valence-electron chi connectivity index (χ3n) is 4.09. The highest BCUT2D eigenvalue weighted by Crippen LogP contribution is 2.50. The monoisotopic (exact) mass is 260 g/mol. The molecule has 3 nitrogen and oxygen atoms in total. The number of hydrogen-bond acceptors (Lipinski definition) is 2. The van der Waals surface area contributed by atoms with Crippen molar-refractivity contribution in [2.24, 2.45) is 5.84 Å². The van der Waals surface area contributed by atoms with Crippen molar-refractivity contribution in [2.45, 2.75) is 51.4 Å². The molecule has 0 aromatic heterocycles. The van der Waals surface area contributed by atoms with Gasteiger partial charge in [0.05, 0.1) is 5.41 Å². The van der Waals surface area contributed by atoms with E-state index in [0.717, 1.165) is 18.4 Å². The number of rotatable bonds is 2. The van der Waals surface area contributed by atoms with Gasteiger partial charge in [0.1, 0.15) is 0 Å². The van der Waals surface area contributed by atoms with E-state index in [9.17, 15) is 4.79 Å². The van der Waals surface area contributed by atoms with Crippen LogP contribution in [0.1, 0.15) is 50.3 Å². The molecule has 1 aromatic rings. The molecular formula is C16H24N2O. The minimum Gasteiger partial charge on any atom is -0.283 e. The minimum absolute atomic E-state index is 0.0270. The second-order valence-corrected chi connectivity index (χ2v) is 6.78. The molecule has 0 atom stereocenters. The molecule has 3 heteroatoms. The van der Waals surface area contributed by atoms with Crippen LogP contribution >= 0.6 is 0 Å². The van der Waals surface area contributed by atoms with Crippen LogP contribution in [0, 0.1) is 6.92 Å². The van der Waals surface area contributed by atoms with Crippen LogP contribution in [-0.4, -0.2) is 18.0 Å². The Kier molecular flexibility index (Phi) is 3.21. The molecule has 1 aliphatic carbocycles. The third-order valence-corrected chi connectivity index (χ3v) is 4.09. The van der Waals surface area contributed by atoms with Crippen LogP contribution in [0.5, 0.6) is 0 Å². The standard InChI is InChI=1S/C16H24N2O/c1-11-10-12(15(2,3)4)6-7-13(11)16(8-9-16)14(19)18(5)17/h6-7,10H,8-9,17H2,1-5H3. The van der Waals surface area contributed by atoms with Gasteiger partial charge in [0.25, 0.3) is 0 Å². The number of benzene rings is 1. The molecule has 1 aromatic carbocycles. The number of amides is 1. The van der Waals surface area contributed by atoms with Crippen molar-refractivity contribution in [3.05, 3.63) is 34.9 Å². The number of carbonyl (C=O) groups excluding carboxylic acids is 1. The van der Waals surface area contributed by atoms with E-state index in [-0.39, 0.29) is 16.7 Å². The normalized spacial score (nSPS) is 17.2. The van der Waals surface area contributed by atoms with Crippen LogP contribution in [0.2, 0.25) is 0 Å². The molecule has 0 aliphatic heterocycles. The van der Waals surface area contributed by atoms with Crippen LogP contribution in [0.3, 0.4) is 0 Å². The van der Waals surface area contributed by atoms with Crippen molar-refractivity contribution in [2.75, 3.05) is 7.05 Å². The highest BCUT2D eigenvalue weighted by molar-refractivity contribution is 5.91. The summed E-state index contributed by atoms with van der Waals surface area (Å²) in [6, 6.07) is 6.47. The largest absolute Gasteiger partial charge is 0.283 e. The molecule has 1 amide bonds. The van der Waals surface area contributed by atoms with Crippen molar-refractivity contribution >= 4 is 5.91 Å². The maximum absolute atomic E-state index is 12.3. The molecule has 0 spiro atoms. The Morgan fingerprint density at radius 3 is 2.26 bits per heavy atom. The van der Waals surface area contributed by atoms with Gasteiger partial charge in [0, 0.05) is 7.05 Å². The van der Waals surface area contributed by atoms with Gasteiger partial charge < -0.3 is 0 Å². The topological polar surface area (TPSA) is 46.3 Å². The van der Waals surface area contributed by atoms with Gasteiger partial charge in [0.15, 0.2) is 0 Å². The zero-order valence-corrected chi connectivity index (χ0v) is 12.6. The summed E-state index contributed by atoms with van der Waals surface area (Å²) in [5.41, 5.74) is 3.42. The van der Waals surface area contributed by atoms with Gasteiger partial charge in [-0.05, 0) is 41.9 Å². The van der Waals surface area contributed by atoms with Crippen molar-refractivity contribution in [1.82, 2.24) is 5.01 Å². The molecular weight excluding hydrogens is 236 g/mol. The fourth-order valence-electron chi connectivity index (χ4n) is 2.73. The summed E-state index contributed by atoms with van der Waals surface area (Å²) in [4.78, 5) is 12.3. The molecule has 0 radical (unpaired) electrons. The lowest BCUT2D eigenvalue weighted by molar-refractivity contribution is -0.132. The molecule has 104 valence electrons. The summed E-state index contributed by atoms with van der Waals surface area (Å²) in [7, 11) is 1.63. The molecule has 1 saturated carbocycles. The number of aryl methyl sites for hydroxylation is 1. The van der Waals surface area contributed by atoms with E-state index in [1.165, 1.54) is 16.1 Å². The average Bonchev–Trinajstić information content (AvgIpc) is 3.07. The molecule has 1 fully saturated rings. The molecule has 0 saturated heterocycles. The van der Waals surface area contributed by atoms with Crippen LogP contribution in [0.15, 0.2) is 18.2 Å². The number of carbonyl (C=O) groups is 1. The van der Waals surface area contributed by atoms with E-state index in [2.05, 4.69) is 45.9 Å². The zero-order valence-electron chi connectivity index (χ0n) is 12.6. The highest BCUT2D eigenvalue weighted by atomic mass is 16.2. The Balaban J connectivity index is 2.40. The minimum atomic E-state index is -0.357. The van der Waals surface area contributed by atoms with Crippen LogP contribution in [-0.2, 0) is 15.6 Å². The second-order valence-electron chi connectivity index (χ2n) is 6.78. The first-order valence-corrected chi connectivity index (χ1v) is 6.83. The summed E-state index contributed by atoms with van der Waals surface area (Å²) in [6.07, 6.45) is 1.81. The van der Waals surface area contributed by atoms with E-state index >= 15 is 0 Å². The number of nitrogens with two attached hydrogens (primary N) is 1. The van der Waals surface area contributed by atoms with Gasteiger partial charge in [-0.1, -0.05) is 39.0 Å². The predicted octanol–water partition coefficient (Wildman–Crippen LogP) is 2.66. The summed E-state index contributed by atoms with van der Waals surface area (Å²) in [6.45, 7) is 8.70. The first-order valence-electron chi connectivity index (χ1n) is 6.83. The smallest absolute Gasteiger partial charge is 0.246 e. The quantitative estimate of drug-likeness (QED) is 0.505. The van der Waals surface area contributed by atoms with Crippen molar-refractivity contribution in [1.29, 1.82) is 0 Å². The van der Waals surface area contributed by atoms with Crippen LogP contribution in [0.4, 0.5) is 0 Å². The van der Waals surface area contributed by atoms with E-state index in [1.807, 2.05) is 0 Å². The first-order chi connectivity index (χ1) is 8.68. The predicted molar refractivity (Wildman–Crippen MR) is 77.7 cm³/mol. The third kappa shape index (κ3) is 2.39. The molecule has 2 N–H and O–H groups in total. The lowest BCUT2D eigenvalue weighted by Gasteiger charge is -2.24. The average molecular weight is 260 g/mol. The molecule has 1 aliphatic rings.